The number of amides is 2. The van der Waals surface area contributed by atoms with Crippen molar-refractivity contribution < 1.29 is 29.0 Å². The van der Waals surface area contributed by atoms with Crippen molar-refractivity contribution in [3.63, 3.8) is 0 Å². The minimum Gasteiger partial charge on any atom is -0.480 e. The zero-order valence-corrected chi connectivity index (χ0v) is 23.9. The third kappa shape index (κ3) is 7.52. The Bertz CT molecular complexity index is 1320. The summed E-state index contributed by atoms with van der Waals surface area (Å²) in [4.78, 5) is 37.9. The van der Waals surface area contributed by atoms with E-state index in [1.165, 1.54) is 0 Å². The van der Waals surface area contributed by atoms with Crippen LogP contribution in [0.1, 0.15) is 56.7 Å². The van der Waals surface area contributed by atoms with Gasteiger partial charge in [-0.15, -0.1) is 0 Å². The van der Waals surface area contributed by atoms with Crippen LogP contribution in [0, 0.1) is 5.41 Å². The van der Waals surface area contributed by atoms with E-state index < -0.39 is 41.6 Å². The molecule has 216 valence electrons. The Kier molecular flexibility index (Phi) is 9.45. The summed E-state index contributed by atoms with van der Waals surface area (Å²) in [6.07, 6.45) is -1.53. The number of carboxylic acid groups (broad SMARTS) is 1. The summed E-state index contributed by atoms with van der Waals surface area (Å²) in [6, 6.07) is 23.7. The summed E-state index contributed by atoms with van der Waals surface area (Å²) in [5.41, 5.74) is 4.88. The van der Waals surface area contributed by atoms with E-state index in [-0.39, 0.29) is 25.6 Å². The van der Waals surface area contributed by atoms with E-state index in [4.69, 9.17) is 9.47 Å². The van der Waals surface area contributed by atoms with Gasteiger partial charge in [-0.1, -0.05) is 99.6 Å². The zero-order chi connectivity index (χ0) is 29.6. The van der Waals surface area contributed by atoms with E-state index in [0.717, 1.165) is 27.8 Å². The van der Waals surface area contributed by atoms with Gasteiger partial charge >= 0.3 is 12.1 Å². The summed E-state index contributed by atoms with van der Waals surface area (Å²) < 4.78 is 11.4. The van der Waals surface area contributed by atoms with Gasteiger partial charge in [0.25, 0.3) is 0 Å². The Labute approximate surface area is 241 Å². The highest BCUT2D eigenvalue weighted by molar-refractivity contribution is 5.85. The molecule has 0 heterocycles. The summed E-state index contributed by atoms with van der Waals surface area (Å²) >= 11 is 0. The average Bonchev–Trinajstić information content (AvgIpc) is 3.26. The van der Waals surface area contributed by atoms with Crippen molar-refractivity contribution >= 4 is 18.0 Å². The van der Waals surface area contributed by atoms with Gasteiger partial charge in [0.15, 0.2) is 6.04 Å². The molecule has 2 amide bonds. The first-order chi connectivity index (χ1) is 19.5. The Morgan fingerprint density at radius 3 is 1.98 bits per heavy atom. The van der Waals surface area contributed by atoms with Crippen LogP contribution in [0.15, 0.2) is 78.9 Å². The van der Waals surface area contributed by atoms with E-state index in [0.29, 0.717) is 0 Å². The maximum Gasteiger partial charge on any atom is 0.407 e. The molecule has 0 aromatic heterocycles. The highest BCUT2D eigenvalue weighted by Gasteiger charge is 2.34. The number of alkyl carbamates (subject to hydrolysis) is 1. The van der Waals surface area contributed by atoms with E-state index in [1.807, 2.05) is 87.5 Å². The minimum atomic E-state index is -1.25. The van der Waals surface area contributed by atoms with Crippen LogP contribution in [0.25, 0.3) is 11.1 Å². The molecule has 0 saturated heterocycles. The molecule has 1 aliphatic rings. The van der Waals surface area contributed by atoms with Gasteiger partial charge in [-0.25, -0.2) is 9.59 Å². The van der Waals surface area contributed by atoms with Gasteiger partial charge in [0, 0.05) is 18.4 Å². The lowest BCUT2D eigenvalue weighted by atomic mass is 9.84. The number of carboxylic acids is 1. The molecule has 1 aliphatic carbocycles. The maximum absolute atomic E-state index is 13.0. The fraction of sp³-hybridized carbons (Fsp3) is 0.364. The maximum atomic E-state index is 13.0. The zero-order valence-electron chi connectivity index (χ0n) is 23.9. The van der Waals surface area contributed by atoms with Crippen molar-refractivity contribution in [2.75, 3.05) is 6.61 Å². The lowest BCUT2D eigenvalue weighted by molar-refractivity contribution is -0.146. The van der Waals surface area contributed by atoms with Gasteiger partial charge in [-0.05, 0) is 40.2 Å². The average molecular weight is 559 g/mol. The monoisotopic (exact) mass is 558 g/mol. The van der Waals surface area contributed by atoms with Crippen molar-refractivity contribution in [3.8, 4) is 11.1 Å². The number of hydrogen-bond acceptors (Lipinski definition) is 5. The Morgan fingerprint density at radius 1 is 0.854 bits per heavy atom. The van der Waals surface area contributed by atoms with E-state index >= 15 is 0 Å². The number of aliphatic carboxylic acids is 1. The molecule has 1 unspecified atom stereocenters. The van der Waals surface area contributed by atoms with Crippen LogP contribution in [0.2, 0.25) is 0 Å². The van der Waals surface area contributed by atoms with Crippen LogP contribution in [0.4, 0.5) is 4.79 Å². The topological polar surface area (TPSA) is 114 Å². The summed E-state index contributed by atoms with van der Waals surface area (Å²) in [5, 5.41) is 15.2. The fourth-order valence-corrected chi connectivity index (χ4v) is 5.05. The highest BCUT2D eigenvalue weighted by atomic mass is 16.5. The fourth-order valence-electron chi connectivity index (χ4n) is 5.05. The van der Waals surface area contributed by atoms with Crippen LogP contribution in [0.3, 0.4) is 0 Å². The molecule has 0 aliphatic heterocycles. The third-order valence-corrected chi connectivity index (χ3v) is 7.48. The Hall–Kier alpha value is -4.17. The molecule has 0 fully saturated rings. The Morgan fingerprint density at radius 2 is 1.41 bits per heavy atom. The van der Waals surface area contributed by atoms with Crippen LogP contribution >= 0.6 is 0 Å². The van der Waals surface area contributed by atoms with Gasteiger partial charge in [0.2, 0.25) is 5.91 Å². The molecular weight excluding hydrogens is 520 g/mol. The third-order valence-electron chi connectivity index (χ3n) is 7.48. The van der Waals surface area contributed by atoms with Crippen molar-refractivity contribution in [1.29, 1.82) is 0 Å². The molecular formula is C33H38N2O6. The van der Waals surface area contributed by atoms with E-state index in [9.17, 15) is 19.5 Å². The lowest BCUT2D eigenvalue weighted by Crippen LogP contribution is -2.52. The minimum absolute atomic E-state index is 0.0850. The lowest BCUT2D eigenvalue weighted by Gasteiger charge is -2.31. The van der Waals surface area contributed by atoms with Crippen LogP contribution in [-0.4, -0.2) is 47.9 Å². The second-order valence-corrected chi connectivity index (χ2v) is 11.5. The molecule has 3 N–H and O–H groups in total. The van der Waals surface area contributed by atoms with Gasteiger partial charge < -0.3 is 25.2 Å². The second-order valence-electron chi connectivity index (χ2n) is 11.5. The molecule has 3 aromatic rings. The quantitative estimate of drug-likeness (QED) is 0.286. The Balaban J connectivity index is 1.35. The molecule has 3 atom stereocenters. The first-order valence-electron chi connectivity index (χ1n) is 13.8. The van der Waals surface area contributed by atoms with E-state index in [2.05, 4.69) is 22.8 Å². The summed E-state index contributed by atoms with van der Waals surface area (Å²) in [7, 11) is 0. The molecule has 41 heavy (non-hydrogen) atoms. The van der Waals surface area contributed by atoms with Crippen LogP contribution < -0.4 is 10.6 Å². The number of rotatable bonds is 11. The standard InChI is InChI=1S/C33H38N2O6/c1-21(40-19-22-12-6-5-7-13-22)30(31(37)38)35-29(36)18-28(33(2,3)4)34-32(39)41-20-27-25-16-10-8-14-23(25)24-15-9-11-17-26(24)27/h5-17,21,27-28,30H,18-20H2,1-4H3,(H,34,39)(H,35,36)(H,37,38)/t21-,28?,30+/m1/s1. The van der Waals surface area contributed by atoms with Gasteiger partial charge in [0.05, 0.1) is 12.7 Å². The van der Waals surface area contributed by atoms with Gasteiger partial charge in [-0.2, -0.15) is 0 Å². The van der Waals surface area contributed by atoms with Crippen molar-refractivity contribution in [1.82, 2.24) is 10.6 Å². The van der Waals surface area contributed by atoms with E-state index in [1.54, 1.807) is 6.92 Å². The van der Waals surface area contributed by atoms with Gasteiger partial charge in [-0.3, -0.25) is 4.79 Å². The first kappa shape index (κ1) is 29.8. The molecule has 4 rings (SSSR count). The van der Waals surface area contributed by atoms with Crippen molar-refractivity contribution in [2.24, 2.45) is 5.41 Å². The smallest absolute Gasteiger partial charge is 0.407 e. The number of hydrogen-bond donors (Lipinski definition) is 3. The van der Waals surface area contributed by atoms with Crippen LogP contribution in [-0.2, 0) is 25.7 Å². The first-order valence-corrected chi connectivity index (χ1v) is 13.8. The predicted molar refractivity (Wildman–Crippen MR) is 156 cm³/mol. The number of nitrogens with one attached hydrogen (secondary N) is 2. The van der Waals surface area contributed by atoms with Crippen LogP contribution in [0.5, 0.6) is 0 Å². The van der Waals surface area contributed by atoms with Crippen molar-refractivity contribution in [3.05, 3.63) is 95.6 Å². The SMILES string of the molecule is C[C@@H](OCc1ccccc1)[C@H](NC(=O)CC(NC(=O)OCC1c2ccccc2-c2ccccc21)C(C)(C)C)C(=O)O. The van der Waals surface area contributed by atoms with Gasteiger partial charge in [0.1, 0.15) is 6.61 Å². The summed E-state index contributed by atoms with van der Waals surface area (Å²) in [6.45, 7) is 7.67. The number of ether oxygens (including phenoxy) is 2. The molecule has 8 nitrogen and oxygen atoms in total. The molecule has 8 heteroatoms. The molecule has 0 spiro atoms. The molecule has 0 saturated carbocycles. The van der Waals surface area contributed by atoms with Crippen molar-refractivity contribution in [2.45, 2.75) is 64.8 Å². The highest BCUT2D eigenvalue weighted by Crippen LogP contribution is 2.44. The number of fused-ring (bicyclic) bond motifs is 3. The second kappa shape index (κ2) is 13.0. The number of carbonyl (C=O) groups is 3. The number of benzene rings is 3. The molecule has 3 aromatic carbocycles. The molecule has 0 radical (unpaired) electrons. The summed E-state index contributed by atoms with van der Waals surface area (Å²) in [5.74, 6) is -1.79. The normalized spacial score (nSPS) is 14.7. The predicted octanol–water partition coefficient (Wildman–Crippen LogP) is 5.50. The molecule has 0 bridgehead atoms. The largest absolute Gasteiger partial charge is 0.480 e. The number of carbonyl (C=O) groups excluding carboxylic acids is 2.